The van der Waals surface area contributed by atoms with E-state index in [9.17, 15) is 10.1 Å². The van der Waals surface area contributed by atoms with Crippen molar-refractivity contribution in [3.05, 3.63) is 39.0 Å². The number of halogens is 1. The molecule has 3 rings (SSSR count). The van der Waals surface area contributed by atoms with Crippen molar-refractivity contribution in [1.29, 1.82) is 0 Å². The lowest BCUT2D eigenvalue weighted by Crippen LogP contribution is -2.38. The van der Waals surface area contributed by atoms with Gasteiger partial charge in [0.05, 0.1) is 16.0 Å². The van der Waals surface area contributed by atoms with Gasteiger partial charge in [-0.2, -0.15) is 0 Å². The number of pyridine rings is 1. The van der Waals surface area contributed by atoms with Crippen molar-refractivity contribution < 1.29 is 4.92 Å². The molecule has 23 heavy (non-hydrogen) atoms. The minimum absolute atomic E-state index is 0.0959. The molecule has 3 heterocycles. The van der Waals surface area contributed by atoms with E-state index >= 15 is 0 Å². The van der Waals surface area contributed by atoms with E-state index in [-0.39, 0.29) is 22.7 Å². The molecule has 0 spiro atoms. The molecule has 0 saturated carbocycles. The molecule has 2 aromatic heterocycles. The zero-order chi connectivity index (χ0) is 16.7. The van der Waals surface area contributed by atoms with Crippen LogP contribution in [0.1, 0.15) is 44.4 Å². The predicted octanol–water partition coefficient (Wildman–Crippen LogP) is 2.94. The molecule has 122 valence electrons. The number of anilines is 1. The molecule has 0 radical (unpaired) electrons. The van der Waals surface area contributed by atoms with E-state index in [1.165, 1.54) is 12.3 Å². The van der Waals surface area contributed by atoms with Crippen molar-refractivity contribution in [1.82, 2.24) is 19.7 Å². The SMILES string of the molecule is CC(C)c1nnc2n1CCN(c1ncc(Cl)cc1[N+](=O)[O-])C2C. The summed E-state index contributed by atoms with van der Waals surface area (Å²) in [5.41, 5.74) is -0.0959. The van der Waals surface area contributed by atoms with Crippen LogP contribution in [0.25, 0.3) is 0 Å². The highest BCUT2D eigenvalue weighted by Crippen LogP contribution is 2.35. The number of nitrogens with zero attached hydrogens (tertiary/aromatic N) is 6. The van der Waals surface area contributed by atoms with E-state index in [1.54, 1.807) is 0 Å². The van der Waals surface area contributed by atoms with Crippen molar-refractivity contribution in [2.24, 2.45) is 0 Å². The molecule has 0 amide bonds. The molecule has 0 saturated heterocycles. The lowest BCUT2D eigenvalue weighted by atomic mass is 10.1. The largest absolute Gasteiger partial charge is 0.339 e. The Hall–Kier alpha value is -2.22. The fraction of sp³-hybridized carbons (Fsp3) is 0.500. The maximum Gasteiger partial charge on any atom is 0.313 e. The highest BCUT2D eigenvalue weighted by atomic mass is 35.5. The number of fused-ring (bicyclic) bond motifs is 1. The molecule has 0 aromatic carbocycles. The summed E-state index contributed by atoms with van der Waals surface area (Å²) in [5.74, 6) is 2.32. The Morgan fingerprint density at radius 3 is 2.78 bits per heavy atom. The Bertz CT molecular complexity index is 760. The van der Waals surface area contributed by atoms with Gasteiger partial charge in [0.2, 0.25) is 5.82 Å². The van der Waals surface area contributed by atoms with Crippen LogP contribution in [-0.2, 0) is 6.54 Å². The Morgan fingerprint density at radius 2 is 2.13 bits per heavy atom. The van der Waals surface area contributed by atoms with Gasteiger partial charge in [0, 0.05) is 31.3 Å². The van der Waals surface area contributed by atoms with Gasteiger partial charge < -0.3 is 9.47 Å². The summed E-state index contributed by atoms with van der Waals surface area (Å²) < 4.78 is 2.09. The minimum atomic E-state index is -0.459. The van der Waals surface area contributed by atoms with Crippen LogP contribution < -0.4 is 4.90 Å². The summed E-state index contributed by atoms with van der Waals surface area (Å²) in [6.45, 7) is 7.35. The Labute approximate surface area is 138 Å². The van der Waals surface area contributed by atoms with Crippen molar-refractivity contribution in [3.8, 4) is 0 Å². The monoisotopic (exact) mass is 336 g/mol. The van der Waals surface area contributed by atoms with E-state index in [0.29, 0.717) is 18.9 Å². The lowest BCUT2D eigenvalue weighted by molar-refractivity contribution is -0.384. The highest BCUT2D eigenvalue weighted by molar-refractivity contribution is 6.30. The van der Waals surface area contributed by atoms with Gasteiger partial charge in [0.25, 0.3) is 0 Å². The van der Waals surface area contributed by atoms with Gasteiger partial charge in [-0.25, -0.2) is 4.98 Å². The second-order valence-electron chi connectivity index (χ2n) is 5.85. The zero-order valence-corrected chi connectivity index (χ0v) is 13.9. The molecule has 1 atom stereocenters. The normalized spacial score (nSPS) is 17.4. The molecule has 2 aromatic rings. The fourth-order valence-corrected chi connectivity index (χ4v) is 3.05. The van der Waals surface area contributed by atoms with Crippen LogP contribution in [0.2, 0.25) is 5.02 Å². The average Bonchev–Trinajstić information content (AvgIpc) is 2.93. The smallest absolute Gasteiger partial charge is 0.313 e. The van der Waals surface area contributed by atoms with Crippen LogP contribution in [0.3, 0.4) is 0 Å². The van der Waals surface area contributed by atoms with Gasteiger partial charge in [-0.1, -0.05) is 25.4 Å². The first kappa shape index (κ1) is 15.7. The first-order valence-corrected chi connectivity index (χ1v) is 7.77. The van der Waals surface area contributed by atoms with Gasteiger partial charge >= 0.3 is 5.69 Å². The molecule has 0 aliphatic carbocycles. The molecule has 1 unspecified atom stereocenters. The number of nitro groups is 1. The second-order valence-corrected chi connectivity index (χ2v) is 6.28. The Kier molecular flexibility index (Phi) is 3.93. The highest BCUT2D eigenvalue weighted by Gasteiger charge is 2.33. The molecular formula is C14H17ClN6O2. The van der Waals surface area contributed by atoms with Crippen LogP contribution >= 0.6 is 11.6 Å². The molecule has 8 nitrogen and oxygen atoms in total. The van der Waals surface area contributed by atoms with Gasteiger partial charge in [0.15, 0.2) is 5.82 Å². The van der Waals surface area contributed by atoms with Gasteiger partial charge in [-0.3, -0.25) is 10.1 Å². The number of hydrogen-bond donors (Lipinski definition) is 0. The second kappa shape index (κ2) is 5.77. The summed E-state index contributed by atoms with van der Waals surface area (Å²) in [5, 5.41) is 20.1. The number of rotatable bonds is 3. The van der Waals surface area contributed by atoms with Crippen LogP contribution in [0.5, 0.6) is 0 Å². The van der Waals surface area contributed by atoms with Crippen LogP contribution in [0.4, 0.5) is 11.5 Å². The summed E-state index contributed by atoms with van der Waals surface area (Å²) in [6.07, 6.45) is 1.43. The molecular weight excluding hydrogens is 320 g/mol. The summed E-state index contributed by atoms with van der Waals surface area (Å²) in [6, 6.07) is 1.17. The number of aromatic nitrogens is 4. The van der Waals surface area contributed by atoms with Crippen molar-refractivity contribution in [2.45, 2.75) is 39.3 Å². The average molecular weight is 337 g/mol. The third-order valence-corrected chi connectivity index (χ3v) is 4.22. The quantitative estimate of drug-likeness (QED) is 0.632. The molecule has 0 bridgehead atoms. The Morgan fingerprint density at radius 1 is 1.39 bits per heavy atom. The minimum Gasteiger partial charge on any atom is -0.339 e. The van der Waals surface area contributed by atoms with Crippen molar-refractivity contribution in [3.63, 3.8) is 0 Å². The molecule has 1 aliphatic heterocycles. The van der Waals surface area contributed by atoms with E-state index < -0.39 is 4.92 Å². The predicted molar refractivity (Wildman–Crippen MR) is 85.8 cm³/mol. The Balaban J connectivity index is 2.02. The first-order valence-electron chi connectivity index (χ1n) is 7.39. The molecule has 0 fully saturated rings. The first-order chi connectivity index (χ1) is 10.9. The zero-order valence-electron chi connectivity index (χ0n) is 13.1. The van der Waals surface area contributed by atoms with Crippen LogP contribution in [0, 0.1) is 10.1 Å². The summed E-state index contributed by atoms with van der Waals surface area (Å²) in [4.78, 5) is 16.9. The standard InChI is InChI=1S/C14H17ClN6O2/c1-8(2)12-17-18-13-9(3)19(4-5-20(12)13)14-11(21(22)23)6-10(15)7-16-14/h6-9H,4-5H2,1-3H3. The van der Waals surface area contributed by atoms with Crippen molar-refractivity contribution in [2.75, 3.05) is 11.4 Å². The van der Waals surface area contributed by atoms with Gasteiger partial charge in [0.1, 0.15) is 5.82 Å². The van der Waals surface area contributed by atoms with Crippen LogP contribution in [0.15, 0.2) is 12.3 Å². The third-order valence-electron chi connectivity index (χ3n) is 4.01. The van der Waals surface area contributed by atoms with Crippen molar-refractivity contribution >= 4 is 23.1 Å². The summed E-state index contributed by atoms with van der Waals surface area (Å²) >= 11 is 5.84. The fourth-order valence-electron chi connectivity index (χ4n) is 2.90. The lowest BCUT2D eigenvalue weighted by Gasteiger charge is -2.34. The van der Waals surface area contributed by atoms with E-state index in [2.05, 4.69) is 33.6 Å². The van der Waals surface area contributed by atoms with E-state index in [0.717, 1.165) is 11.6 Å². The van der Waals surface area contributed by atoms with Gasteiger partial charge in [-0.15, -0.1) is 10.2 Å². The molecule has 1 aliphatic rings. The molecule has 9 heteroatoms. The topological polar surface area (TPSA) is 90.0 Å². The maximum absolute atomic E-state index is 11.3. The van der Waals surface area contributed by atoms with Crippen LogP contribution in [-0.4, -0.2) is 31.2 Å². The molecule has 0 N–H and O–H groups in total. The third kappa shape index (κ3) is 2.63. The van der Waals surface area contributed by atoms with E-state index in [1.807, 2.05) is 11.8 Å². The number of hydrogen-bond acceptors (Lipinski definition) is 6. The summed E-state index contributed by atoms with van der Waals surface area (Å²) in [7, 11) is 0. The maximum atomic E-state index is 11.3. The van der Waals surface area contributed by atoms with Gasteiger partial charge in [-0.05, 0) is 6.92 Å². The van der Waals surface area contributed by atoms with E-state index in [4.69, 9.17) is 11.6 Å².